The fourth-order valence-corrected chi connectivity index (χ4v) is 2.48. The maximum absolute atomic E-state index is 13.5. The van der Waals surface area contributed by atoms with E-state index in [1.807, 2.05) is 30.3 Å². The molecule has 0 saturated heterocycles. The summed E-state index contributed by atoms with van der Waals surface area (Å²) < 4.78 is 15.6. The highest BCUT2D eigenvalue weighted by Gasteiger charge is 2.10. The van der Waals surface area contributed by atoms with Crippen molar-refractivity contribution < 1.29 is 4.39 Å². The second-order valence-electron chi connectivity index (χ2n) is 4.99. The van der Waals surface area contributed by atoms with E-state index in [4.69, 9.17) is 0 Å². The molecule has 0 unspecified atom stereocenters. The first-order valence-corrected chi connectivity index (χ1v) is 6.67. The fourth-order valence-electron chi connectivity index (χ4n) is 2.48. The summed E-state index contributed by atoms with van der Waals surface area (Å²) in [5, 5.41) is 0. The largest absolute Gasteiger partial charge is 0.314 e. The van der Waals surface area contributed by atoms with Crippen molar-refractivity contribution in [1.29, 1.82) is 0 Å². The topological polar surface area (TPSA) is 4.93 Å². The quantitative estimate of drug-likeness (QED) is 0.621. The van der Waals surface area contributed by atoms with Crippen LogP contribution in [0.1, 0.15) is 11.3 Å². The number of nitrogens with zero attached hydrogens (tertiary/aromatic N) is 1. The summed E-state index contributed by atoms with van der Waals surface area (Å²) in [5.74, 6) is -0.167. The van der Waals surface area contributed by atoms with Gasteiger partial charge < -0.3 is 4.57 Å². The third-order valence-electron chi connectivity index (χ3n) is 3.55. The van der Waals surface area contributed by atoms with Crippen molar-refractivity contribution in [2.45, 2.75) is 13.8 Å². The zero-order valence-corrected chi connectivity index (χ0v) is 11.6. The predicted octanol–water partition coefficient (Wildman–Crippen LogP) is 4.90. The average molecular weight is 265 g/mol. The van der Waals surface area contributed by atoms with Crippen molar-refractivity contribution in [3.05, 3.63) is 77.7 Å². The molecule has 2 aromatic carbocycles. The molecule has 1 nitrogen and oxygen atoms in total. The number of benzene rings is 2. The van der Waals surface area contributed by atoms with E-state index in [9.17, 15) is 4.39 Å². The molecule has 3 aromatic rings. The molecular formula is C18H16FN. The van der Waals surface area contributed by atoms with E-state index in [-0.39, 0.29) is 5.82 Å². The highest BCUT2D eigenvalue weighted by molar-refractivity contribution is 5.64. The number of hydrogen-bond acceptors (Lipinski definition) is 0. The number of aromatic nitrogens is 1. The van der Waals surface area contributed by atoms with Crippen LogP contribution in [0.5, 0.6) is 0 Å². The first kappa shape index (κ1) is 12.7. The summed E-state index contributed by atoms with van der Waals surface area (Å²) in [4.78, 5) is 0. The van der Waals surface area contributed by atoms with E-state index in [2.05, 4.69) is 35.8 Å². The maximum atomic E-state index is 13.5. The van der Waals surface area contributed by atoms with Crippen LogP contribution in [-0.2, 0) is 0 Å². The maximum Gasteiger partial charge on any atom is 0.126 e. The standard InChI is InChI=1S/C18H16FN/c1-13-12-16(9-10-17(13)19)20-14(2)8-11-18(20)15-6-4-3-5-7-15/h3-12H,1-2H3. The third-order valence-corrected chi connectivity index (χ3v) is 3.55. The SMILES string of the molecule is Cc1cc(-n2c(C)ccc2-c2ccccc2)ccc1F. The lowest BCUT2D eigenvalue weighted by atomic mass is 10.1. The minimum absolute atomic E-state index is 0.167. The van der Waals surface area contributed by atoms with Crippen LogP contribution >= 0.6 is 0 Å². The van der Waals surface area contributed by atoms with Gasteiger partial charge in [0.15, 0.2) is 0 Å². The van der Waals surface area contributed by atoms with E-state index in [0.717, 1.165) is 22.6 Å². The Hall–Kier alpha value is -2.35. The van der Waals surface area contributed by atoms with Gasteiger partial charge >= 0.3 is 0 Å². The fraction of sp³-hybridized carbons (Fsp3) is 0.111. The summed E-state index contributed by atoms with van der Waals surface area (Å²) >= 11 is 0. The van der Waals surface area contributed by atoms with E-state index < -0.39 is 0 Å². The molecular weight excluding hydrogens is 249 g/mol. The Morgan fingerprint density at radius 2 is 1.60 bits per heavy atom. The van der Waals surface area contributed by atoms with Gasteiger partial charge in [0, 0.05) is 11.4 Å². The van der Waals surface area contributed by atoms with Crippen molar-refractivity contribution >= 4 is 0 Å². The first-order chi connectivity index (χ1) is 9.66. The molecule has 100 valence electrons. The van der Waals surface area contributed by atoms with Gasteiger partial charge in [0.25, 0.3) is 0 Å². The molecule has 0 aliphatic rings. The third kappa shape index (κ3) is 2.14. The summed E-state index contributed by atoms with van der Waals surface area (Å²) in [7, 11) is 0. The van der Waals surface area contributed by atoms with E-state index in [1.165, 1.54) is 6.07 Å². The Morgan fingerprint density at radius 3 is 2.30 bits per heavy atom. The Morgan fingerprint density at radius 1 is 0.850 bits per heavy atom. The van der Waals surface area contributed by atoms with Crippen LogP contribution in [0.25, 0.3) is 16.9 Å². The molecule has 0 atom stereocenters. The highest BCUT2D eigenvalue weighted by atomic mass is 19.1. The van der Waals surface area contributed by atoms with Crippen molar-refractivity contribution in [1.82, 2.24) is 4.57 Å². The molecule has 1 aromatic heterocycles. The van der Waals surface area contributed by atoms with E-state index in [0.29, 0.717) is 5.56 Å². The van der Waals surface area contributed by atoms with E-state index >= 15 is 0 Å². The monoisotopic (exact) mass is 265 g/mol. The molecule has 0 amide bonds. The van der Waals surface area contributed by atoms with Crippen LogP contribution in [0.2, 0.25) is 0 Å². The molecule has 0 N–H and O–H groups in total. The summed E-state index contributed by atoms with van der Waals surface area (Å²) in [6.45, 7) is 3.85. The second kappa shape index (κ2) is 4.97. The van der Waals surface area contributed by atoms with Crippen molar-refractivity contribution in [2.75, 3.05) is 0 Å². The Labute approximate surface area is 118 Å². The first-order valence-electron chi connectivity index (χ1n) is 6.67. The van der Waals surface area contributed by atoms with Gasteiger partial charge in [-0.05, 0) is 55.3 Å². The van der Waals surface area contributed by atoms with Crippen LogP contribution in [-0.4, -0.2) is 4.57 Å². The molecule has 0 spiro atoms. The molecule has 0 radical (unpaired) electrons. The minimum Gasteiger partial charge on any atom is -0.314 e. The summed E-state index contributed by atoms with van der Waals surface area (Å²) in [5.41, 5.74) is 5.06. The van der Waals surface area contributed by atoms with Crippen LogP contribution in [0.15, 0.2) is 60.7 Å². The van der Waals surface area contributed by atoms with Gasteiger partial charge in [-0.3, -0.25) is 0 Å². The average Bonchev–Trinajstić information content (AvgIpc) is 2.85. The summed E-state index contributed by atoms with van der Waals surface area (Å²) in [6, 6.07) is 19.6. The molecule has 2 heteroatoms. The number of halogens is 1. The molecule has 0 saturated carbocycles. The van der Waals surface area contributed by atoms with Crippen molar-refractivity contribution in [3.8, 4) is 16.9 Å². The minimum atomic E-state index is -0.167. The van der Waals surface area contributed by atoms with Gasteiger partial charge in [0.2, 0.25) is 0 Å². The van der Waals surface area contributed by atoms with Gasteiger partial charge in [0.05, 0.1) is 5.69 Å². The molecule has 0 aliphatic carbocycles. The molecule has 0 bridgehead atoms. The van der Waals surface area contributed by atoms with Gasteiger partial charge in [-0.15, -0.1) is 0 Å². The number of hydrogen-bond donors (Lipinski definition) is 0. The lowest BCUT2D eigenvalue weighted by molar-refractivity contribution is 0.618. The lowest BCUT2D eigenvalue weighted by Crippen LogP contribution is -2.00. The zero-order valence-electron chi connectivity index (χ0n) is 11.6. The number of rotatable bonds is 2. The Balaban J connectivity index is 2.19. The highest BCUT2D eigenvalue weighted by Crippen LogP contribution is 2.27. The normalized spacial score (nSPS) is 10.8. The molecule has 0 aliphatic heterocycles. The Kier molecular flexibility index (Phi) is 3.15. The van der Waals surface area contributed by atoms with Crippen molar-refractivity contribution in [2.24, 2.45) is 0 Å². The van der Waals surface area contributed by atoms with Gasteiger partial charge in [-0.25, -0.2) is 4.39 Å². The van der Waals surface area contributed by atoms with Crippen LogP contribution in [0, 0.1) is 19.7 Å². The molecule has 3 rings (SSSR count). The Bertz CT molecular complexity index is 741. The predicted molar refractivity (Wildman–Crippen MR) is 80.6 cm³/mol. The lowest BCUT2D eigenvalue weighted by Gasteiger charge is -2.13. The van der Waals surface area contributed by atoms with Crippen molar-refractivity contribution in [3.63, 3.8) is 0 Å². The van der Waals surface area contributed by atoms with Crippen LogP contribution < -0.4 is 0 Å². The van der Waals surface area contributed by atoms with Gasteiger partial charge in [-0.1, -0.05) is 30.3 Å². The zero-order chi connectivity index (χ0) is 14.1. The second-order valence-corrected chi connectivity index (χ2v) is 4.99. The molecule has 20 heavy (non-hydrogen) atoms. The van der Waals surface area contributed by atoms with Gasteiger partial charge in [0.1, 0.15) is 5.82 Å². The van der Waals surface area contributed by atoms with Crippen LogP contribution in [0.4, 0.5) is 4.39 Å². The summed E-state index contributed by atoms with van der Waals surface area (Å²) in [6.07, 6.45) is 0. The number of aryl methyl sites for hydroxylation is 2. The van der Waals surface area contributed by atoms with Crippen LogP contribution in [0.3, 0.4) is 0 Å². The molecule has 0 fully saturated rings. The van der Waals surface area contributed by atoms with Gasteiger partial charge in [-0.2, -0.15) is 0 Å². The molecule has 1 heterocycles. The smallest absolute Gasteiger partial charge is 0.126 e. The van der Waals surface area contributed by atoms with E-state index in [1.54, 1.807) is 6.92 Å².